The first kappa shape index (κ1) is 12.6. The zero-order valence-electron chi connectivity index (χ0n) is 11.5. The number of hydrogen-bond donors (Lipinski definition) is 0. The van der Waals surface area contributed by atoms with E-state index in [2.05, 4.69) is 0 Å². The first-order chi connectivity index (χ1) is 9.70. The molecular weight excluding hydrogens is 250 g/mol. The van der Waals surface area contributed by atoms with Crippen LogP contribution in [0.1, 0.15) is 27.0 Å². The highest BCUT2D eigenvalue weighted by atomic mass is 16.7. The summed E-state index contributed by atoms with van der Waals surface area (Å²) in [4.78, 5) is 17.5. The number of amides is 1. The highest BCUT2D eigenvalue weighted by Crippen LogP contribution is 2.34. The van der Waals surface area contributed by atoms with E-state index in [4.69, 9.17) is 4.84 Å². The number of benzene rings is 2. The molecule has 3 nitrogen and oxygen atoms in total. The molecule has 3 heteroatoms. The zero-order chi connectivity index (χ0) is 14.1. The van der Waals surface area contributed by atoms with Crippen molar-refractivity contribution in [2.75, 3.05) is 7.11 Å². The van der Waals surface area contributed by atoms with Crippen LogP contribution in [0.3, 0.4) is 0 Å². The smallest absolute Gasteiger partial charge is 0.269 e. The molecule has 0 fully saturated rings. The topological polar surface area (TPSA) is 29.5 Å². The minimum atomic E-state index is -0.121. The molecule has 1 amide bonds. The van der Waals surface area contributed by atoms with Gasteiger partial charge in [0.05, 0.1) is 18.4 Å². The van der Waals surface area contributed by atoms with E-state index in [9.17, 15) is 4.79 Å². The van der Waals surface area contributed by atoms with Crippen LogP contribution < -0.4 is 0 Å². The summed E-state index contributed by atoms with van der Waals surface area (Å²) in [5, 5.41) is 1.34. The maximum absolute atomic E-state index is 12.3. The fraction of sp³-hybridized carbons (Fsp3) is 0.118. The van der Waals surface area contributed by atoms with E-state index in [1.54, 1.807) is 0 Å². The Hall–Kier alpha value is -2.39. The number of carbonyl (C=O) groups excluding carboxylic acids is 1. The molecule has 0 spiro atoms. The van der Waals surface area contributed by atoms with Gasteiger partial charge < -0.3 is 0 Å². The number of rotatable bonds is 2. The Labute approximate surface area is 118 Å². The molecular formula is C17H15NO2. The van der Waals surface area contributed by atoms with Crippen LogP contribution in [0.25, 0.3) is 11.8 Å². The first-order valence-electron chi connectivity index (χ1n) is 6.47. The zero-order valence-corrected chi connectivity index (χ0v) is 11.5. The van der Waals surface area contributed by atoms with E-state index in [0.29, 0.717) is 5.56 Å². The summed E-state index contributed by atoms with van der Waals surface area (Å²) in [5.41, 5.74) is 4.53. The Balaban J connectivity index is 2.16. The molecule has 2 aromatic carbocycles. The maximum Gasteiger partial charge on any atom is 0.282 e. The van der Waals surface area contributed by atoms with Crippen molar-refractivity contribution in [2.24, 2.45) is 0 Å². The molecule has 0 N–H and O–H groups in total. The van der Waals surface area contributed by atoms with Gasteiger partial charge in [-0.25, -0.2) is 0 Å². The van der Waals surface area contributed by atoms with Gasteiger partial charge in [0, 0.05) is 5.56 Å². The van der Waals surface area contributed by atoms with Crippen LogP contribution in [0.4, 0.5) is 0 Å². The molecule has 0 saturated heterocycles. The van der Waals surface area contributed by atoms with Gasteiger partial charge in [-0.05, 0) is 30.7 Å². The molecule has 20 heavy (non-hydrogen) atoms. The minimum absolute atomic E-state index is 0.121. The van der Waals surface area contributed by atoms with Crippen molar-refractivity contribution in [1.82, 2.24) is 5.06 Å². The summed E-state index contributed by atoms with van der Waals surface area (Å²) in [5.74, 6) is -0.121. The average molecular weight is 265 g/mol. The van der Waals surface area contributed by atoms with Crippen molar-refractivity contribution >= 4 is 17.7 Å². The predicted octanol–water partition coefficient (Wildman–Crippen LogP) is 3.51. The Kier molecular flexibility index (Phi) is 3.12. The van der Waals surface area contributed by atoms with Crippen molar-refractivity contribution in [1.29, 1.82) is 0 Å². The van der Waals surface area contributed by atoms with Crippen LogP contribution in [-0.4, -0.2) is 18.1 Å². The number of hydroxylamine groups is 2. The van der Waals surface area contributed by atoms with Gasteiger partial charge in [0.2, 0.25) is 0 Å². The molecule has 1 aliphatic rings. The average Bonchev–Trinajstić information content (AvgIpc) is 2.72. The molecule has 0 unspecified atom stereocenters. The molecule has 0 aromatic heterocycles. The van der Waals surface area contributed by atoms with Crippen LogP contribution in [0.5, 0.6) is 0 Å². The second-order valence-electron chi connectivity index (χ2n) is 4.77. The summed E-state index contributed by atoms with van der Waals surface area (Å²) >= 11 is 0. The lowest BCUT2D eigenvalue weighted by atomic mass is 10.0. The lowest BCUT2D eigenvalue weighted by Gasteiger charge is -2.14. The Bertz CT molecular complexity index is 689. The highest BCUT2D eigenvalue weighted by Gasteiger charge is 2.32. The number of fused-ring (bicyclic) bond motifs is 1. The molecule has 1 heterocycles. The predicted molar refractivity (Wildman–Crippen MR) is 78.7 cm³/mol. The largest absolute Gasteiger partial charge is 0.282 e. The quantitative estimate of drug-likeness (QED) is 0.831. The second-order valence-corrected chi connectivity index (χ2v) is 4.77. The standard InChI is InChI=1S/C17H15NO2/c1-12-8-9-14-15(10-12)16(18(20-2)17(14)19)11-13-6-4-3-5-7-13/h3-11H,1-2H3/b16-11+. The van der Waals surface area contributed by atoms with Gasteiger partial charge in [0.15, 0.2) is 0 Å². The maximum atomic E-state index is 12.3. The normalized spacial score (nSPS) is 15.8. The van der Waals surface area contributed by atoms with Crippen LogP contribution >= 0.6 is 0 Å². The summed E-state index contributed by atoms with van der Waals surface area (Å²) in [6.07, 6.45) is 1.96. The third kappa shape index (κ3) is 2.02. The van der Waals surface area contributed by atoms with E-state index in [-0.39, 0.29) is 5.91 Å². The number of carbonyl (C=O) groups is 1. The lowest BCUT2D eigenvalue weighted by molar-refractivity contribution is -0.0451. The van der Waals surface area contributed by atoms with E-state index >= 15 is 0 Å². The summed E-state index contributed by atoms with van der Waals surface area (Å²) in [7, 11) is 1.51. The Morgan fingerprint density at radius 2 is 1.80 bits per heavy atom. The van der Waals surface area contributed by atoms with Gasteiger partial charge in [-0.3, -0.25) is 9.63 Å². The molecule has 2 aromatic rings. The Morgan fingerprint density at radius 1 is 1.05 bits per heavy atom. The number of aryl methyl sites for hydroxylation is 1. The van der Waals surface area contributed by atoms with Gasteiger partial charge in [-0.1, -0.05) is 42.0 Å². The highest BCUT2D eigenvalue weighted by molar-refractivity contribution is 6.11. The van der Waals surface area contributed by atoms with Crippen LogP contribution in [0, 0.1) is 6.92 Å². The van der Waals surface area contributed by atoms with Crippen molar-refractivity contribution in [3.63, 3.8) is 0 Å². The third-order valence-corrected chi connectivity index (χ3v) is 3.37. The fourth-order valence-corrected chi connectivity index (χ4v) is 2.41. The van der Waals surface area contributed by atoms with Crippen molar-refractivity contribution in [3.8, 4) is 0 Å². The first-order valence-corrected chi connectivity index (χ1v) is 6.47. The number of nitrogens with zero attached hydrogens (tertiary/aromatic N) is 1. The summed E-state index contributed by atoms with van der Waals surface area (Å²) < 4.78 is 0. The second kappa shape index (κ2) is 4.94. The van der Waals surface area contributed by atoms with Gasteiger partial charge in [0.25, 0.3) is 5.91 Å². The molecule has 0 atom stereocenters. The minimum Gasteiger partial charge on any atom is -0.269 e. The van der Waals surface area contributed by atoms with Crippen LogP contribution in [-0.2, 0) is 4.84 Å². The molecule has 0 aliphatic carbocycles. The van der Waals surface area contributed by atoms with Gasteiger partial charge in [-0.2, -0.15) is 5.06 Å². The van der Waals surface area contributed by atoms with E-state index < -0.39 is 0 Å². The van der Waals surface area contributed by atoms with Crippen molar-refractivity contribution < 1.29 is 9.63 Å². The molecule has 1 aliphatic heterocycles. The van der Waals surface area contributed by atoms with Crippen LogP contribution in [0.15, 0.2) is 48.5 Å². The van der Waals surface area contributed by atoms with Crippen LogP contribution in [0.2, 0.25) is 0 Å². The van der Waals surface area contributed by atoms with E-state index in [0.717, 1.165) is 22.4 Å². The van der Waals surface area contributed by atoms with Gasteiger partial charge in [0.1, 0.15) is 0 Å². The summed E-state index contributed by atoms with van der Waals surface area (Å²) in [6.45, 7) is 2.01. The Morgan fingerprint density at radius 3 is 2.50 bits per heavy atom. The van der Waals surface area contributed by atoms with Crippen molar-refractivity contribution in [3.05, 3.63) is 70.8 Å². The van der Waals surface area contributed by atoms with Gasteiger partial charge >= 0.3 is 0 Å². The van der Waals surface area contributed by atoms with E-state index in [1.807, 2.05) is 61.5 Å². The van der Waals surface area contributed by atoms with Crippen molar-refractivity contribution in [2.45, 2.75) is 6.92 Å². The monoisotopic (exact) mass is 265 g/mol. The fourth-order valence-electron chi connectivity index (χ4n) is 2.41. The molecule has 0 bridgehead atoms. The summed E-state index contributed by atoms with van der Waals surface area (Å²) in [6, 6.07) is 15.7. The SMILES string of the molecule is CON1C(=O)c2ccc(C)cc2/C1=C\c1ccccc1. The molecule has 3 rings (SSSR count). The van der Waals surface area contributed by atoms with E-state index in [1.165, 1.54) is 12.2 Å². The lowest BCUT2D eigenvalue weighted by Crippen LogP contribution is -2.21. The third-order valence-electron chi connectivity index (χ3n) is 3.37. The van der Waals surface area contributed by atoms with Gasteiger partial charge in [-0.15, -0.1) is 0 Å². The number of hydrogen-bond acceptors (Lipinski definition) is 2. The molecule has 0 saturated carbocycles. The molecule has 100 valence electrons. The molecule has 0 radical (unpaired) electrons.